The molecular formula is C12H16N4O4S. The van der Waals surface area contributed by atoms with E-state index < -0.39 is 20.6 Å². The topological polar surface area (TPSA) is 128 Å². The predicted molar refractivity (Wildman–Crippen MR) is 80.6 cm³/mol. The van der Waals surface area contributed by atoms with Crippen molar-refractivity contribution >= 4 is 27.1 Å². The van der Waals surface area contributed by atoms with Crippen molar-refractivity contribution in [3.05, 3.63) is 40.5 Å². The number of rotatable bonds is 6. The monoisotopic (exact) mass is 312 g/mol. The first kappa shape index (κ1) is 16.8. The lowest BCUT2D eigenvalue weighted by molar-refractivity contribution is -0.384. The Morgan fingerprint density at radius 1 is 1.48 bits per heavy atom. The van der Waals surface area contributed by atoms with Gasteiger partial charge in [0.1, 0.15) is 5.69 Å². The molecule has 21 heavy (non-hydrogen) atoms. The van der Waals surface area contributed by atoms with Crippen molar-refractivity contribution in [1.29, 1.82) is 0 Å². The average Bonchev–Trinajstić information content (AvgIpc) is 2.34. The largest absolute Gasteiger partial charge is 0.295 e. The molecule has 0 aliphatic rings. The lowest BCUT2D eigenvalue weighted by atomic mass is 10.2. The van der Waals surface area contributed by atoms with Crippen LogP contribution in [0.15, 0.2) is 40.3 Å². The first-order chi connectivity index (χ1) is 9.61. The van der Waals surface area contributed by atoms with Crippen molar-refractivity contribution in [2.24, 2.45) is 10.2 Å². The molecule has 0 heterocycles. The lowest BCUT2D eigenvalue weighted by Crippen LogP contribution is -2.12. The van der Waals surface area contributed by atoms with E-state index in [1.165, 1.54) is 12.1 Å². The van der Waals surface area contributed by atoms with Gasteiger partial charge in [0, 0.05) is 18.2 Å². The number of anilines is 1. The standard InChI is InChI=1S/C12H16N4O4S/c1-8(2)6-9(3)14-15-11-5-4-10(21(13,19)20)7-12(11)16(17)18/h4-5,7,15H,1,6H2,2-3H3,(H2,13,19,20). The van der Waals surface area contributed by atoms with Gasteiger partial charge >= 0.3 is 0 Å². The van der Waals surface area contributed by atoms with Crippen molar-refractivity contribution in [3.8, 4) is 0 Å². The summed E-state index contributed by atoms with van der Waals surface area (Å²) in [7, 11) is -4.00. The van der Waals surface area contributed by atoms with Crippen LogP contribution in [0.25, 0.3) is 0 Å². The SMILES string of the molecule is C=C(C)CC(C)=NNc1ccc(S(N)(=O)=O)cc1[N+](=O)[O-]. The number of benzene rings is 1. The number of hydrazone groups is 1. The summed E-state index contributed by atoms with van der Waals surface area (Å²) < 4.78 is 22.4. The Hall–Kier alpha value is -2.26. The maximum Gasteiger partial charge on any atom is 0.295 e. The van der Waals surface area contributed by atoms with Crippen LogP contribution in [0.5, 0.6) is 0 Å². The van der Waals surface area contributed by atoms with E-state index in [2.05, 4.69) is 17.1 Å². The van der Waals surface area contributed by atoms with Gasteiger partial charge in [-0.05, 0) is 26.0 Å². The second-order valence-corrected chi connectivity index (χ2v) is 6.14. The molecule has 9 heteroatoms. The van der Waals surface area contributed by atoms with E-state index in [0.717, 1.165) is 11.6 Å². The lowest BCUT2D eigenvalue weighted by Gasteiger charge is -2.06. The first-order valence-electron chi connectivity index (χ1n) is 5.86. The molecule has 0 saturated heterocycles. The highest BCUT2D eigenvalue weighted by molar-refractivity contribution is 7.89. The van der Waals surface area contributed by atoms with Gasteiger partial charge in [-0.25, -0.2) is 13.6 Å². The number of nitrogens with zero attached hydrogens (tertiary/aromatic N) is 2. The van der Waals surface area contributed by atoms with Crippen LogP contribution in [0.1, 0.15) is 20.3 Å². The maximum absolute atomic E-state index is 11.2. The second kappa shape index (κ2) is 6.46. The van der Waals surface area contributed by atoms with Crippen molar-refractivity contribution in [1.82, 2.24) is 0 Å². The highest BCUT2D eigenvalue weighted by atomic mass is 32.2. The fourth-order valence-corrected chi connectivity index (χ4v) is 2.10. The molecule has 1 aromatic carbocycles. The summed E-state index contributed by atoms with van der Waals surface area (Å²) in [5.74, 6) is 0. The summed E-state index contributed by atoms with van der Waals surface area (Å²) in [5, 5.41) is 19.9. The molecule has 0 radical (unpaired) electrons. The minimum absolute atomic E-state index is 0.0773. The molecule has 0 bridgehead atoms. The number of nitro groups is 1. The zero-order valence-electron chi connectivity index (χ0n) is 11.7. The fraction of sp³-hybridized carbons (Fsp3) is 0.250. The van der Waals surface area contributed by atoms with Crippen molar-refractivity contribution < 1.29 is 13.3 Å². The number of hydrogen-bond donors (Lipinski definition) is 2. The molecular weight excluding hydrogens is 296 g/mol. The van der Waals surface area contributed by atoms with Crippen LogP contribution in [-0.2, 0) is 10.0 Å². The molecule has 0 spiro atoms. The number of allylic oxidation sites excluding steroid dienone is 1. The van der Waals surface area contributed by atoms with E-state index in [1.54, 1.807) is 6.92 Å². The van der Waals surface area contributed by atoms with Gasteiger partial charge < -0.3 is 0 Å². The van der Waals surface area contributed by atoms with E-state index in [-0.39, 0.29) is 10.6 Å². The summed E-state index contributed by atoms with van der Waals surface area (Å²) in [5.41, 5.74) is 3.79. The van der Waals surface area contributed by atoms with Crippen molar-refractivity contribution in [2.45, 2.75) is 25.2 Å². The number of nitro benzene ring substituents is 1. The first-order valence-corrected chi connectivity index (χ1v) is 7.40. The third-order valence-corrected chi connectivity index (χ3v) is 3.33. The Morgan fingerprint density at radius 2 is 2.10 bits per heavy atom. The molecule has 0 aromatic heterocycles. The molecule has 0 unspecified atom stereocenters. The molecule has 1 aromatic rings. The summed E-state index contributed by atoms with van der Waals surface area (Å²) in [6.45, 7) is 7.32. The molecule has 0 aliphatic carbocycles. The molecule has 8 nitrogen and oxygen atoms in total. The molecule has 1 rings (SSSR count). The minimum atomic E-state index is -4.00. The van der Waals surface area contributed by atoms with Gasteiger partial charge in [0.15, 0.2) is 0 Å². The normalized spacial score (nSPS) is 12.0. The van der Waals surface area contributed by atoms with Gasteiger partial charge in [-0.15, -0.1) is 0 Å². The Labute approximate surface area is 122 Å². The zero-order chi connectivity index (χ0) is 16.2. The van der Waals surface area contributed by atoms with Gasteiger partial charge in [0.2, 0.25) is 10.0 Å². The van der Waals surface area contributed by atoms with Crippen LogP contribution in [-0.4, -0.2) is 19.1 Å². The molecule has 0 saturated carbocycles. The van der Waals surface area contributed by atoms with Crippen LogP contribution in [0.3, 0.4) is 0 Å². The molecule has 0 atom stereocenters. The summed E-state index contributed by atoms with van der Waals surface area (Å²) in [6.07, 6.45) is 0.552. The van der Waals surface area contributed by atoms with Crippen molar-refractivity contribution in [3.63, 3.8) is 0 Å². The van der Waals surface area contributed by atoms with E-state index in [1.807, 2.05) is 6.92 Å². The van der Waals surface area contributed by atoms with Crippen LogP contribution in [0, 0.1) is 10.1 Å². The van der Waals surface area contributed by atoms with Gasteiger partial charge in [0.05, 0.1) is 9.82 Å². The fourth-order valence-electron chi connectivity index (χ4n) is 1.57. The predicted octanol–water partition coefficient (Wildman–Crippen LogP) is 2.00. The molecule has 114 valence electrons. The third kappa shape index (κ3) is 4.97. The van der Waals surface area contributed by atoms with E-state index in [9.17, 15) is 18.5 Å². The molecule has 0 aliphatic heterocycles. The maximum atomic E-state index is 11.2. The van der Waals surface area contributed by atoms with E-state index >= 15 is 0 Å². The third-order valence-electron chi connectivity index (χ3n) is 2.42. The molecule has 0 amide bonds. The highest BCUT2D eigenvalue weighted by Gasteiger charge is 2.18. The van der Waals surface area contributed by atoms with E-state index in [4.69, 9.17) is 5.14 Å². The Balaban J connectivity index is 3.14. The summed E-state index contributed by atoms with van der Waals surface area (Å²) in [4.78, 5) is 9.95. The quantitative estimate of drug-likeness (QED) is 0.359. The van der Waals surface area contributed by atoms with Gasteiger partial charge in [-0.1, -0.05) is 12.2 Å². The summed E-state index contributed by atoms with van der Waals surface area (Å²) in [6, 6.07) is 3.31. The van der Waals surface area contributed by atoms with Crippen LogP contribution < -0.4 is 10.6 Å². The number of nitrogens with one attached hydrogen (secondary N) is 1. The number of sulfonamides is 1. The summed E-state index contributed by atoms with van der Waals surface area (Å²) >= 11 is 0. The number of hydrogen-bond acceptors (Lipinski definition) is 6. The van der Waals surface area contributed by atoms with Gasteiger partial charge in [-0.3, -0.25) is 15.5 Å². The Kier molecular flexibility index (Phi) is 5.17. The highest BCUT2D eigenvalue weighted by Crippen LogP contribution is 2.27. The van der Waals surface area contributed by atoms with Gasteiger partial charge in [0.25, 0.3) is 5.69 Å². The van der Waals surface area contributed by atoms with Gasteiger partial charge in [-0.2, -0.15) is 5.10 Å². The zero-order valence-corrected chi connectivity index (χ0v) is 12.5. The van der Waals surface area contributed by atoms with Crippen LogP contribution in [0.4, 0.5) is 11.4 Å². The average molecular weight is 312 g/mol. The van der Waals surface area contributed by atoms with E-state index in [0.29, 0.717) is 12.1 Å². The Bertz CT molecular complexity index is 710. The Morgan fingerprint density at radius 3 is 2.57 bits per heavy atom. The minimum Gasteiger partial charge on any atom is -0.272 e. The van der Waals surface area contributed by atoms with Crippen LogP contribution >= 0.6 is 0 Å². The van der Waals surface area contributed by atoms with Crippen molar-refractivity contribution in [2.75, 3.05) is 5.43 Å². The van der Waals surface area contributed by atoms with Crippen LogP contribution in [0.2, 0.25) is 0 Å². The number of nitrogens with two attached hydrogens (primary N) is 1. The number of primary sulfonamides is 1. The molecule has 3 N–H and O–H groups in total. The second-order valence-electron chi connectivity index (χ2n) is 4.57. The smallest absolute Gasteiger partial charge is 0.272 e. The molecule has 0 fully saturated rings.